The van der Waals surface area contributed by atoms with Gasteiger partial charge in [0.25, 0.3) is 10.0 Å². The molecule has 0 fully saturated rings. The predicted molar refractivity (Wildman–Crippen MR) is 85.7 cm³/mol. The standard InChI is InChI=1S/C14H11ClN4O3S/c1-22-10-7-18-14(23(16,20)21)13(19-10)11-9(15)5-4-8-3-2-6-17-12(8)11/h2-7H,1H3,(H2,16,20,21). The van der Waals surface area contributed by atoms with Gasteiger partial charge in [-0.2, -0.15) is 0 Å². The van der Waals surface area contributed by atoms with Crippen molar-refractivity contribution >= 4 is 32.5 Å². The number of methoxy groups -OCH3 is 1. The van der Waals surface area contributed by atoms with E-state index in [4.69, 9.17) is 21.5 Å². The first-order valence-electron chi connectivity index (χ1n) is 6.39. The predicted octanol–water partition coefficient (Wildman–Crippen LogP) is 2.00. The van der Waals surface area contributed by atoms with Crippen LogP contribution in [0.2, 0.25) is 5.02 Å². The average Bonchev–Trinajstić information content (AvgIpc) is 2.53. The maximum atomic E-state index is 11.8. The molecule has 0 aliphatic heterocycles. The molecule has 23 heavy (non-hydrogen) atoms. The second kappa shape index (κ2) is 5.73. The number of benzene rings is 1. The first-order valence-corrected chi connectivity index (χ1v) is 8.31. The van der Waals surface area contributed by atoms with Crippen LogP contribution in [0.1, 0.15) is 0 Å². The summed E-state index contributed by atoms with van der Waals surface area (Å²) in [5.74, 6) is 0.136. The van der Waals surface area contributed by atoms with Crippen LogP contribution in [-0.2, 0) is 10.0 Å². The van der Waals surface area contributed by atoms with Crippen LogP contribution in [0.15, 0.2) is 41.7 Å². The molecule has 0 spiro atoms. The van der Waals surface area contributed by atoms with Crippen molar-refractivity contribution in [1.29, 1.82) is 0 Å². The molecule has 0 unspecified atom stereocenters. The fourth-order valence-corrected chi connectivity index (χ4v) is 3.04. The molecule has 9 heteroatoms. The summed E-state index contributed by atoms with van der Waals surface area (Å²) in [6.45, 7) is 0. The van der Waals surface area contributed by atoms with E-state index in [0.717, 1.165) is 5.39 Å². The van der Waals surface area contributed by atoms with E-state index in [9.17, 15) is 8.42 Å². The molecular formula is C14H11ClN4O3S. The molecule has 0 radical (unpaired) electrons. The Morgan fingerprint density at radius 1 is 1.22 bits per heavy atom. The molecule has 118 valence electrons. The largest absolute Gasteiger partial charge is 0.480 e. The molecule has 0 bridgehead atoms. The fourth-order valence-electron chi connectivity index (χ4n) is 2.18. The number of hydrogen-bond acceptors (Lipinski definition) is 6. The topological polar surface area (TPSA) is 108 Å². The number of pyridine rings is 1. The Bertz CT molecular complexity index is 1010. The number of sulfonamides is 1. The third kappa shape index (κ3) is 2.83. The maximum absolute atomic E-state index is 11.8. The van der Waals surface area contributed by atoms with Crippen molar-refractivity contribution in [2.45, 2.75) is 5.03 Å². The van der Waals surface area contributed by atoms with Gasteiger partial charge in [-0.3, -0.25) is 4.98 Å². The molecule has 2 heterocycles. The number of nitrogens with two attached hydrogens (primary N) is 1. The van der Waals surface area contributed by atoms with Crippen molar-refractivity contribution in [2.24, 2.45) is 5.14 Å². The van der Waals surface area contributed by atoms with Crippen LogP contribution in [0.3, 0.4) is 0 Å². The van der Waals surface area contributed by atoms with E-state index in [0.29, 0.717) is 11.1 Å². The molecule has 0 aliphatic rings. The van der Waals surface area contributed by atoms with Crippen LogP contribution < -0.4 is 9.88 Å². The number of nitrogens with zero attached hydrogens (tertiary/aromatic N) is 3. The Balaban J connectivity index is 2.45. The van der Waals surface area contributed by atoms with E-state index < -0.39 is 15.0 Å². The van der Waals surface area contributed by atoms with Crippen molar-refractivity contribution in [3.8, 4) is 17.1 Å². The second-order valence-electron chi connectivity index (χ2n) is 4.61. The number of rotatable bonds is 3. The molecule has 2 aromatic heterocycles. The minimum absolute atomic E-state index is 0.00106. The highest BCUT2D eigenvalue weighted by atomic mass is 35.5. The summed E-state index contributed by atoms with van der Waals surface area (Å²) in [6, 6.07) is 7.00. The lowest BCUT2D eigenvalue weighted by Crippen LogP contribution is -2.16. The van der Waals surface area contributed by atoms with Gasteiger partial charge >= 0.3 is 0 Å². The normalized spacial score (nSPS) is 11.6. The zero-order chi connectivity index (χ0) is 16.6. The number of ether oxygens (including phenoxy) is 1. The van der Waals surface area contributed by atoms with Gasteiger partial charge in [-0.25, -0.2) is 23.5 Å². The SMILES string of the molecule is COc1cnc(S(N)(=O)=O)c(-c2c(Cl)ccc3cccnc23)n1. The third-order valence-corrected chi connectivity index (χ3v) is 4.31. The number of halogens is 1. The molecule has 0 aliphatic carbocycles. The molecule has 0 amide bonds. The highest BCUT2D eigenvalue weighted by Crippen LogP contribution is 2.36. The molecule has 7 nitrogen and oxygen atoms in total. The summed E-state index contributed by atoms with van der Waals surface area (Å²) in [7, 11) is -2.71. The Morgan fingerprint density at radius 2 is 2.00 bits per heavy atom. The minimum Gasteiger partial charge on any atom is -0.480 e. The highest BCUT2D eigenvalue weighted by molar-refractivity contribution is 7.89. The summed E-state index contributed by atoms with van der Waals surface area (Å²) in [5.41, 5.74) is 0.828. The van der Waals surface area contributed by atoms with Crippen molar-refractivity contribution < 1.29 is 13.2 Å². The lowest BCUT2D eigenvalue weighted by molar-refractivity contribution is 0.395. The summed E-state index contributed by atoms with van der Waals surface area (Å²) >= 11 is 6.27. The van der Waals surface area contributed by atoms with Crippen molar-refractivity contribution in [2.75, 3.05) is 7.11 Å². The monoisotopic (exact) mass is 350 g/mol. The molecule has 0 saturated heterocycles. The van der Waals surface area contributed by atoms with Gasteiger partial charge in [-0.15, -0.1) is 0 Å². The molecule has 1 aromatic carbocycles. The quantitative estimate of drug-likeness (QED) is 0.774. The van der Waals surface area contributed by atoms with E-state index in [-0.39, 0.29) is 16.6 Å². The first-order chi connectivity index (χ1) is 10.9. The van der Waals surface area contributed by atoms with Crippen molar-refractivity contribution in [1.82, 2.24) is 15.0 Å². The number of primary sulfonamides is 1. The van der Waals surface area contributed by atoms with Crippen LogP contribution in [0.25, 0.3) is 22.2 Å². The maximum Gasteiger partial charge on any atom is 0.257 e. The van der Waals surface area contributed by atoms with E-state index >= 15 is 0 Å². The van der Waals surface area contributed by atoms with Crippen molar-refractivity contribution in [3.05, 3.63) is 41.7 Å². The van der Waals surface area contributed by atoms with Crippen LogP contribution in [0.5, 0.6) is 5.88 Å². The molecule has 3 aromatic rings. The van der Waals surface area contributed by atoms with E-state index in [1.54, 1.807) is 24.4 Å². The number of hydrogen-bond donors (Lipinski definition) is 1. The summed E-state index contributed by atoms with van der Waals surface area (Å²) in [6.07, 6.45) is 2.75. The summed E-state index contributed by atoms with van der Waals surface area (Å²) in [5, 5.41) is 5.91. The first kappa shape index (κ1) is 15.6. The lowest BCUT2D eigenvalue weighted by Gasteiger charge is -2.11. The van der Waals surface area contributed by atoms with E-state index in [1.165, 1.54) is 13.3 Å². The van der Waals surface area contributed by atoms with E-state index in [2.05, 4.69) is 15.0 Å². The van der Waals surface area contributed by atoms with Crippen molar-refractivity contribution in [3.63, 3.8) is 0 Å². The molecule has 0 saturated carbocycles. The lowest BCUT2D eigenvalue weighted by atomic mass is 10.1. The molecule has 0 atom stereocenters. The summed E-state index contributed by atoms with van der Waals surface area (Å²) in [4.78, 5) is 12.3. The van der Waals surface area contributed by atoms with Crippen LogP contribution in [0, 0.1) is 0 Å². The average molecular weight is 351 g/mol. The van der Waals surface area contributed by atoms with Crippen LogP contribution >= 0.6 is 11.6 Å². The Kier molecular flexibility index (Phi) is 3.88. The van der Waals surface area contributed by atoms with Gasteiger partial charge in [0, 0.05) is 17.1 Å². The smallest absolute Gasteiger partial charge is 0.257 e. The minimum atomic E-state index is -4.11. The van der Waals surface area contributed by atoms with Gasteiger partial charge in [0.05, 0.1) is 23.8 Å². The Morgan fingerprint density at radius 3 is 2.70 bits per heavy atom. The zero-order valence-electron chi connectivity index (χ0n) is 11.9. The third-order valence-electron chi connectivity index (χ3n) is 3.16. The Hall–Kier alpha value is -2.29. The number of aromatic nitrogens is 3. The van der Waals surface area contributed by atoms with Gasteiger partial charge in [-0.05, 0) is 12.1 Å². The van der Waals surface area contributed by atoms with Crippen LogP contribution in [0.4, 0.5) is 0 Å². The van der Waals surface area contributed by atoms with Gasteiger partial charge in [-0.1, -0.05) is 23.7 Å². The van der Waals surface area contributed by atoms with E-state index in [1.807, 2.05) is 6.07 Å². The zero-order valence-corrected chi connectivity index (χ0v) is 13.5. The summed E-state index contributed by atoms with van der Waals surface area (Å²) < 4.78 is 28.7. The molecular weight excluding hydrogens is 340 g/mol. The highest BCUT2D eigenvalue weighted by Gasteiger charge is 2.23. The molecule has 2 N–H and O–H groups in total. The Labute approximate surface area is 137 Å². The fraction of sp³-hybridized carbons (Fsp3) is 0.0714. The van der Waals surface area contributed by atoms with Crippen LogP contribution in [-0.4, -0.2) is 30.5 Å². The van der Waals surface area contributed by atoms with Gasteiger partial charge in [0.2, 0.25) is 5.88 Å². The van der Waals surface area contributed by atoms with Gasteiger partial charge in [0.15, 0.2) is 5.03 Å². The van der Waals surface area contributed by atoms with Gasteiger partial charge < -0.3 is 4.74 Å². The van der Waals surface area contributed by atoms with Gasteiger partial charge in [0.1, 0.15) is 5.69 Å². The number of fused-ring (bicyclic) bond motifs is 1. The molecule has 3 rings (SSSR count). The second-order valence-corrected chi connectivity index (χ2v) is 6.49.